The molecule has 0 saturated carbocycles. The number of amides is 1. The normalized spacial score (nSPS) is 12.5. The Bertz CT molecular complexity index is 746. The first-order valence-corrected chi connectivity index (χ1v) is 9.04. The minimum Gasteiger partial charge on any atom is -0.495 e. The van der Waals surface area contributed by atoms with Crippen molar-refractivity contribution < 1.29 is 14.4 Å². The van der Waals surface area contributed by atoms with Gasteiger partial charge in [-0.2, -0.15) is 0 Å². The highest BCUT2D eigenvalue weighted by atomic mass is 16.5. The molecule has 0 aliphatic heterocycles. The van der Waals surface area contributed by atoms with Crippen LogP contribution in [0.3, 0.4) is 0 Å². The molecule has 2 N–H and O–H groups in total. The Labute approximate surface area is 157 Å². The smallest absolute Gasteiger partial charge is 0.279 e. The van der Waals surface area contributed by atoms with Crippen LogP contribution in [0.25, 0.3) is 0 Å². The predicted octanol–water partition coefficient (Wildman–Crippen LogP) is 2.95. The lowest BCUT2D eigenvalue weighted by Crippen LogP contribution is -3.08. The van der Waals surface area contributed by atoms with E-state index in [1.807, 2.05) is 32.2 Å². The number of benzene rings is 2. The Morgan fingerprint density at radius 1 is 1.12 bits per heavy atom. The van der Waals surface area contributed by atoms with Gasteiger partial charge in [-0.1, -0.05) is 51.1 Å². The lowest BCUT2D eigenvalue weighted by atomic mass is 9.87. The average Bonchev–Trinajstić information content (AvgIpc) is 2.54. The second-order valence-corrected chi connectivity index (χ2v) is 8.01. The number of nitrogens with one attached hydrogen (secondary N) is 2. The number of quaternary nitrogens is 1. The number of hydrogen-bond acceptors (Lipinski definition) is 2. The standard InChI is InChI=1S/C22H30N2O2/c1-16-7-12-20(26-6)19(13-16)23-21(25)15-24(5)14-17-8-10-18(11-9-17)22(2,3)4/h7-13H,14-15H2,1-6H3,(H,23,25)/p+1. The summed E-state index contributed by atoms with van der Waals surface area (Å²) in [6.45, 7) is 9.84. The van der Waals surface area contributed by atoms with Crippen LogP contribution in [0.5, 0.6) is 5.75 Å². The molecule has 2 rings (SSSR count). The first-order chi connectivity index (χ1) is 12.2. The Balaban J connectivity index is 1.94. The van der Waals surface area contributed by atoms with Gasteiger partial charge in [0.1, 0.15) is 12.3 Å². The first kappa shape index (κ1) is 20.0. The zero-order chi connectivity index (χ0) is 19.3. The van der Waals surface area contributed by atoms with E-state index in [1.54, 1.807) is 7.11 Å². The van der Waals surface area contributed by atoms with Crippen LogP contribution < -0.4 is 15.0 Å². The molecule has 26 heavy (non-hydrogen) atoms. The topological polar surface area (TPSA) is 42.8 Å². The summed E-state index contributed by atoms with van der Waals surface area (Å²) < 4.78 is 5.32. The van der Waals surface area contributed by atoms with E-state index in [4.69, 9.17) is 4.74 Å². The minimum atomic E-state index is -0.0160. The van der Waals surface area contributed by atoms with Crippen LogP contribution >= 0.6 is 0 Å². The van der Waals surface area contributed by atoms with Crippen molar-refractivity contribution in [2.24, 2.45) is 0 Å². The van der Waals surface area contributed by atoms with Gasteiger partial charge >= 0.3 is 0 Å². The summed E-state index contributed by atoms with van der Waals surface area (Å²) in [6.07, 6.45) is 0. The van der Waals surface area contributed by atoms with E-state index in [1.165, 1.54) is 11.1 Å². The van der Waals surface area contributed by atoms with Gasteiger partial charge in [0.05, 0.1) is 19.8 Å². The van der Waals surface area contributed by atoms with E-state index in [9.17, 15) is 4.79 Å². The number of hydrogen-bond donors (Lipinski definition) is 2. The van der Waals surface area contributed by atoms with Gasteiger partial charge in [-0.15, -0.1) is 0 Å². The summed E-state index contributed by atoms with van der Waals surface area (Å²) in [7, 11) is 3.64. The van der Waals surface area contributed by atoms with Gasteiger partial charge in [-0.3, -0.25) is 4.79 Å². The molecule has 0 bridgehead atoms. The third-order valence-corrected chi connectivity index (χ3v) is 4.42. The van der Waals surface area contributed by atoms with Gasteiger partial charge in [0.2, 0.25) is 0 Å². The molecule has 2 aromatic rings. The fourth-order valence-electron chi connectivity index (χ4n) is 2.92. The molecule has 0 aliphatic rings. The molecule has 1 atom stereocenters. The van der Waals surface area contributed by atoms with Crippen molar-refractivity contribution in [3.63, 3.8) is 0 Å². The number of carbonyl (C=O) groups is 1. The van der Waals surface area contributed by atoms with Gasteiger partial charge in [-0.05, 0) is 35.6 Å². The molecule has 0 aliphatic carbocycles. The zero-order valence-corrected chi connectivity index (χ0v) is 16.8. The van der Waals surface area contributed by atoms with Crippen molar-refractivity contribution in [2.75, 3.05) is 26.0 Å². The summed E-state index contributed by atoms with van der Waals surface area (Å²) in [5.74, 6) is 0.664. The van der Waals surface area contributed by atoms with Crippen LogP contribution in [0.2, 0.25) is 0 Å². The number of rotatable bonds is 6. The number of anilines is 1. The van der Waals surface area contributed by atoms with Gasteiger partial charge in [-0.25, -0.2) is 0 Å². The Kier molecular flexibility index (Phi) is 6.43. The molecule has 1 unspecified atom stereocenters. The molecule has 4 nitrogen and oxygen atoms in total. The van der Waals surface area contributed by atoms with Crippen molar-refractivity contribution in [1.29, 1.82) is 0 Å². The van der Waals surface area contributed by atoms with E-state index in [0.717, 1.165) is 22.7 Å². The quantitative estimate of drug-likeness (QED) is 0.837. The number of ether oxygens (including phenoxy) is 1. The van der Waals surface area contributed by atoms with E-state index in [-0.39, 0.29) is 11.3 Å². The number of carbonyl (C=O) groups excluding carboxylic acids is 1. The number of aryl methyl sites for hydroxylation is 1. The van der Waals surface area contributed by atoms with E-state index >= 15 is 0 Å². The second kappa shape index (κ2) is 8.37. The highest BCUT2D eigenvalue weighted by Crippen LogP contribution is 2.25. The lowest BCUT2D eigenvalue weighted by Gasteiger charge is -2.20. The third-order valence-electron chi connectivity index (χ3n) is 4.42. The zero-order valence-electron chi connectivity index (χ0n) is 16.8. The summed E-state index contributed by atoms with van der Waals surface area (Å²) in [5, 5.41) is 2.96. The Morgan fingerprint density at radius 2 is 1.77 bits per heavy atom. The molecular formula is C22H31N2O2+. The largest absolute Gasteiger partial charge is 0.495 e. The van der Waals surface area contributed by atoms with Crippen LogP contribution in [0.1, 0.15) is 37.5 Å². The second-order valence-electron chi connectivity index (χ2n) is 8.01. The fraction of sp³-hybridized carbons (Fsp3) is 0.409. The predicted molar refractivity (Wildman–Crippen MR) is 107 cm³/mol. The SMILES string of the molecule is COc1ccc(C)cc1NC(=O)C[NH+](C)Cc1ccc(C(C)(C)C)cc1. The maximum absolute atomic E-state index is 12.4. The van der Waals surface area contributed by atoms with Crippen LogP contribution in [0.4, 0.5) is 5.69 Å². The van der Waals surface area contributed by atoms with Crippen molar-refractivity contribution >= 4 is 11.6 Å². The van der Waals surface area contributed by atoms with Crippen LogP contribution in [-0.2, 0) is 16.8 Å². The van der Waals surface area contributed by atoms with Gasteiger partial charge in [0.25, 0.3) is 5.91 Å². The van der Waals surface area contributed by atoms with E-state index in [2.05, 4.69) is 50.4 Å². The summed E-state index contributed by atoms with van der Waals surface area (Å²) >= 11 is 0. The molecule has 1 amide bonds. The van der Waals surface area contributed by atoms with Crippen molar-refractivity contribution in [1.82, 2.24) is 0 Å². The maximum atomic E-state index is 12.4. The van der Waals surface area contributed by atoms with E-state index in [0.29, 0.717) is 12.3 Å². The average molecular weight is 356 g/mol. The molecule has 0 saturated heterocycles. The molecule has 0 heterocycles. The summed E-state index contributed by atoms with van der Waals surface area (Å²) in [5.41, 5.74) is 4.52. The Morgan fingerprint density at radius 3 is 2.35 bits per heavy atom. The van der Waals surface area contributed by atoms with E-state index < -0.39 is 0 Å². The highest BCUT2D eigenvalue weighted by Gasteiger charge is 2.15. The molecule has 0 radical (unpaired) electrons. The number of likely N-dealkylation sites (N-methyl/N-ethyl adjacent to an activating group) is 1. The molecule has 2 aromatic carbocycles. The highest BCUT2D eigenvalue weighted by molar-refractivity contribution is 5.93. The molecule has 140 valence electrons. The molecule has 4 heteroatoms. The summed E-state index contributed by atoms with van der Waals surface area (Å²) in [6, 6.07) is 14.4. The molecule has 0 aromatic heterocycles. The van der Waals surface area contributed by atoms with Crippen LogP contribution in [-0.4, -0.2) is 26.6 Å². The maximum Gasteiger partial charge on any atom is 0.279 e. The van der Waals surface area contributed by atoms with Crippen LogP contribution in [0, 0.1) is 6.92 Å². The van der Waals surface area contributed by atoms with Crippen molar-refractivity contribution in [3.05, 3.63) is 59.2 Å². The summed E-state index contributed by atoms with van der Waals surface area (Å²) in [4.78, 5) is 13.5. The molecular weight excluding hydrogens is 324 g/mol. The van der Waals surface area contributed by atoms with Crippen molar-refractivity contribution in [3.8, 4) is 5.75 Å². The first-order valence-electron chi connectivity index (χ1n) is 9.04. The Hall–Kier alpha value is -2.33. The van der Waals surface area contributed by atoms with Crippen LogP contribution in [0.15, 0.2) is 42.5 Å². The van der Waals surface area contributed by atoms with Gasteiger partial charge < -0.3 is 15.0 Å². The monoisotopic (exact) mass is 355 g/mol. The third kappa shape index (κ3) is 5.60. The lowest BCUT2D eigenvalue weighted by molar-refractivity contribution is -0.885. The minimum absolute atomic E-state index is 0.0160. The van der Waals surface area contributed by atoms with Crippen molar-refractivity contribution in [2.45, 2.75) is 39.7 Å². The molecule has 0 fully saturated rings. The fourth-order valence-corrected chi connectivity index (χ4v) is 2.92. The van der Waals surface area contributed by atoms with Gasteiger partial charge in [0, 0.05) is 5.56 Å². The molecule has 0 spiro atoms. The van der Waals surface area contributed by atoms with Gasteiger partial charge in [0.15, 0.2) is 6.54 Å². The number of methoxy groups -OCH3 is 1.